The number of hydrogen-bond donors (Lipinski definition) is 1. The van der Waals surface area contributed by atoms with Crippen LogP contribution in [0.25, 0.3) is 0 Å². The number of nitrogens with one attached hydrogen (secondary N) is 1. The van der Waals surface area contributed by atoms with Crippen LogP contribution in [0.4, 0.5) is 14.5 Å². The minimum absolute atomic E-state index is 0.138. The quantitative estimate of drug-likeness (QED) is 0.352. The molecule has 5 nitrogen and oxygen atoms in total. The Labute approximate surface area is 166 Å². The van der Waals surface area contributed by atoms with Crippen LogP contribution in [0.1, 0.15) is 18.4 Å². The summed E-state index contributed by atoms with van der Waals surface area (Å²) < 4.78 is 34.9. The van der Waals surface area contributed by atoms with Gasteiger partial charge in [0.2, 0.25) is 0 Å². The van der Waals surface area contributed by atoms with Gasteiger partial charge < -0.3 is 14.8 Å². The number of benzene rings is 2. The predicted molar refractivity (Wildman–Crippen MR) is 104 cm³/mol. The molecule has 0 unspecified atom stereocenters. The fourth-order valence-corrected chi connectivity index (χ4v) is 2.67. The number of hydrogen-bond acceptors (Lipinski definition) is 5. The van der Waals surface area contributed by atoms with Gasteiger partial charge in [-0.15, -0.1) is 0 Å². The summed E-state index contributed by atoms with van der Waals surface area (Å²) in [6.45, 7) is 1.94. The number of anilines is 1. The lowest BCUT2D eigenvalue weighted by Crippen LogP contribution is -2.21. The molecule has 2 aromatic carbocycles. The Kier molecular flexibility index (Phi) is 8.74. The molecule has 0 aliphatic heterocycles. The molecule has 0 aromatic heterocycles. The first-order valence-corrected chi connectivity index (χ1v) is 9.50. The zero-order valence-electron chi connectivity index (χ0n) is 15.3. The van der Waals surface area contributed by atoms with Crippen LogP contribution in [0.2, 0.25) is 0 Å². The van der Waals surface area contributed by atoms with E-state index in [1.54, 1.807) is 0 Å². The summed E-state index contributed by atoms with van der Waals surface area (Å²) in [6.07, 6.45) is 0.607. The molecular weight excluding hydrogens is 388 g/mol. The molecule has 28 heavy (non-hydrogen) atoms. The van der Waals surface area contributed by atoms with Gasteiger partial charge in [0.25, 0.3) is 11.7 Å². The maximum Gasteiger partial charge on any atom is 0.306 e. The van der Waals surface area contributed by atoms with Gasteiger partial charge >= 0.3 is 5.97 Å². The standard InChI is InChI=1S/C20H21F2NO4S/c1-14-4-8-16(9-5-14)26-12-2-3-19(25)27-13-18(24)23-15-6-10-17(11-7-15)28-20(21)22/h4-11,20H,2-3,12-13H2,1H3,(H,23,24). The molecule has 2 aromatic rings. The molecule has 0 heterocycles. The third-order valence-corrected chi connectivity index (χ3v) is 4.26. The first kappa shape index (κ1) is 21.7. The molecule has 0 atom stereocenters. The largest absolute Gasteiger partial charge is 0.494 e. The van der Waals surface area contributed by atoms with Gasteiger partial charge in [-0.1, -0.05) is 29.5 Å². The van der Waals surface area contributed by atoms with E-state index in [9.17, 15) is 18.4 Å². The van der Waals surface area contributed by atoms with Crippen molar-refractivity contribution < 1.29 is 27.8 Å². The summed E-state index contributed by atoms with van der Waals surface area (Å²) in [5, 5.41) is 2.53. The normalized spacial score (nSPS) is 10.6. The Balaban J connectivity index is 1.61. The molecule has 0 aliphatic carbocycles. The lowest BCUT2D eigenvalue weighted by molar-refractivity contribution is -0.147. The van der Waals surface area contributed by atoms with Crippen molar-refractivity contribution in [2.24, 2.45) is 0 Å². The SMILES string of the molecule is Cc1ccc(OCCCC(=O)OCC(=O)Nc2ccc(SC(F)F)cc2)cc1. The molecule has 0 fully saturated rings. The summed E-state index contributed by atoms with van der Waals surface area (Å²) >= 11 is 0.423. The van der Waals surface area contributed by atoms with E-state index in [1.165, 1.54) is 24.3 Å². The van der Waals surface area contributed by atoms with E-state index in [0.29, 0.717) is 35.4 Å². The monoisotopic (exact) mass is 409 g/mol. The van der Waals surface area contributed by atoms with Crippen molar-refractivity contribution >= 4 is 29.3 Å². The number of rotatable bonds is 10. The molecule has 150 valence electrons. The molecule has 0 saturated carbocycles. The molecule has 8 heteroatoms. The highest BCUT2D eigenvalue weighted by atomic mass is 32.2. The number of alkyl halides is 2. The summed E-state index contributed by atoms with van der Waals surface area (Å²) in [7, 11) is 0. The molecule has 0 aliphatic rings. The van der Waals surface area contributed by atoms with Crippen LogP contribution >= 0.6 is 11.8 Å². The van der Waals surface area contributed by atoms with Crippen molar-refractivity contribution in [3.8, 4) is 5.75 Å². The highest BCUT2D eigenvalue weighted by Gasteiger charge is 2.09. The van der Waals surface area contributed by atoms with Crippen molar-refractivity contribution in [3.05, 3.63) is 54.1 Å². The number of amides is 1. The van der Waals surface area contributed by atoms with Gasteiger partial charge in [-0.2, -0.15) is 8.78 Å². The van der Waals surface area contributed by atoms with Crippen LogP contribution in [0.3, 0.4) is 0 Å². The maximum atomic E-state index is 12.3. The number of ether oxygens (including phenoxy) is 2. The second-order valence-electron chi connectivity index (χ2n) is 5.88. The van der Waals surface area contributed by atoms with Crippen molar-refractivity contribution in [1.29, 1.82) is 0 Å². The van der Waals surface area contributed by atoms with Crippen molar-refractivity contribution in [3.63, 3.8) is 0 Å². The van der Waals surface area contributed by atoms with E-state index < -0.39 is 24.2 Å². The summed E-state index contributed by atoms with van der Waals surface area (Å²) in [5.41, 5.74) is 1.57. The number of halogens is 2. The van der Waals surface area contributed by atoms with E-state index in [0.717, 1.165) is 11.3 Å². The Morgan fingerprint density at radius 1 is 1.07 bits per heavy atom. The van der Waals surface area contributed by atoms with Gasteiger partial charge in [0.1, 0.15) is 5.75 Å². The van der Waals surface area contributed by atoms with Gasteiger partial charge in [0.15, 0.2) is 6.61 Å². The van der Waals surface area contributed by atoms with E-state index in [2.05, 4.69) is 5.32 Å². The van der Waals surface area contributed by atoms with E-state index in [1.807, 2.05) is 31.2 Å². The minimum Gasteiger partial charge on any atom is -0.494 e. The number of aryl methyl sites for hydroxylation is 1. The lowest BCUT2D eigenvalue weighted by Gasteiger charge is -2.08. The topological polar surface area (TPSA) is 64.6 Å². The van der Waals surface area contributed by atoms with Gasteiger partial charge in [-0.25, -0.2) is 0 Å². The molecule has 0 spiro atoms. The van der Waals surface area contributed by atoms with Crippen LogP contribution in [0.5, 0.6) is 5.75 Å². The number of esters is 1. The molecule has 2 rings (SSSR count). The van der Waals surface area contributed by atoms with Crippen LogP contribution in [0, 0.1) is 6.92 Å². The zero-order valence-corrected chi connectivity index (χ0v) is 16.1. The fourth-order valence-electron chi connectivity index (χ4n) is 2.18. The smallest absolute Gasteiger partial charge is 0.306 e. The van der Waals surface area contributed by atoms with Crippen LogP contribution in [-0.4, -0.2) is 30.8 Å². The average molecular weight is 409 g/mol. The molecular formula is C20H21F2NO4S. The van der Waals surface area contributed by atoms with Gasteiger partial charge in [-0.3, -0.25) is 9.59 Å². The number of thioether (sulfide) groups is 1. The first-order valence-electron chi connectivity index (χ1n) is 8.62. The highest BCUT2D eigenvalue weighted by Crippen LogP contribution is 2.26. The van der Waals surface area contributed by atoms with Crippen LogP contribution in [-0.2, 0) is 14.3 Å². The third-order valence-electron chi connectivity index (χ3n) is 3.54. The summed E-state index contributed by atoms with van der Waals surface area (Å²) in [4.78, 5) is 23.9. The number of carbonyl (C=O) groups excluding carboxylic acids is 2. The molecule has 0 bridgehead atoms. The molecule has 0 radical (unpaired) electrons. The maximum absolute atomic E-state index is 12.3. The molecule has 1 amide bonds. The fraction of sp³-hybridized carbons (Fsp3) is 0.300. The third kappa shape index (κ3) is 8.39. The second kappa shape index (κ2) is 11.3. The number of carbonyl (C=O) groups is 2. The zero-order chi connectivity index (χ0) is 20.4. The molecule has 1 N–H and O–H groups in total. The van der Waals surface area contributed by atoms with E-state index >= 15 is 0 Å². The first-order chi connectivity index (χ1) is 13.4. The predicted octanol–water partition coefficient (Wildman–Crippen LogP) is 4.65. The molecule has 0 saturated heterocycles. The van der Waals surface area contributed by atoms with Crippen LogP contribution in [0.15, 0.2) is 53.4 Å². The van der Waals surface area contributed by atoms with Gasteiger partial charge in [0, 0.05) is 17.0 Å². The van der Waals surface area contributed by atoms with E-state index in [4.69, 9.17) is 9.47 Å². The van der Waals surface area contributed by atoms with E-state index in [-0.39, 0.29) is 6.42 Å². The van der Waals surface area contributed by atoms with Crippen molar-refractivity contribution in [1.82, 2.24) is 0 Å². The summed E-state index contributed by atoms with van der Waals surface area (Å²) in [6, 6.07) is 13.6. The Morgan fingerprint density at radius 2 is 1.75 bits per heavy atom. The second-order valence-corrected chi connectivity index (χ2v) is 6.94. The lowest BCUT2D eigenvalue weighted by atomic mass is 10.2. The Morgan fingerprint density at radius 3 is 2.39 bits per heavy atom. The average Bonchev–Trinajstić information content (AvgIpc) is 2.66. The van der Waals surface area contributed by atoms with Crippen molar-refractivity contribution in [2.45, 2.75) is 30.4 Å². The Hall–Kier alpha value is -2.61. The van der Waals surface area contributed by atoms with Crippen LogP contribution < -0.4 is 10.1 Å². The van der Waals surface area contributed by atoms with Gasteiger partial charge in [-0.05, 0) is 49.7 Å². The van der Waals surface area contributed by atoms with Crippen molar-refractivity contribution in [2.75, 3.05) is 18.5 Å². The minimum atomic E-state index is -2.50. The summed E-state index contributed by atoms with van der Waals surface area (Å²) in [5.74, 6) is -2.76. The van der Waals surface area contributed by atoms with Gasteiger partial charge in [0.05, 0.1) is 6.61 Å². The Bertz CT molecular complexity index is 767. The highest BCUT2D eigenvalue weighted by molar-refractivity contribution is 7.99.